The van der Waals surface area contributed by atoms with Crippen molar-refractivity contribution < 1.29 is 14.1 Å². The molecule has 0 aromatic heterocycles. The van der Waals surface area contributed by atoms with Crippen LogP contribution in [0.15, 0.2) is 0 Å². The van der Waals surface area contributed by atoms with E-state index in [1.165, 1.54) is 11.8 Å². The average molecular weight is 487 g/mol. The number of aliphatic hydroxyl groups excluding tert-OH is 1. The normalized spacial score (nSPS) is 12.4. The van der Waals surface area contributed by atoms with Gasteiger partial charge in [-0.2, -0.15) is 35.3 Å². The minimum atomic E-state index is -0.719. The van der Waals surface area contributed by atoms with Gasteiger partial charge >= 0.3 is 0 Å². The van der Waals surface area contributed by atoms with Crippen molar-refractivity contribution in [3.8, 4) is 0 Å². The van der Waals surface area contributed by atoms with E-state index < -0.39 is 10.8 Å². The topological polar surface area (TPSA) is 54.4 Å². The van der Waals surface area contributed by atoms with Gasteiger partial charge in [-0.25, -0.2) is 0 Å². The van der Waals surface area contributed by atoms with Crippen LogP contribution in [-0.4, -0.2) is 82.2 Å². The van der Waals surface area contributed by atoms with Gasteiger partial charge in [0.25, 0.3) is 0 Å². The Morgan fingerprint density at radius 1 is 0.875 bits per heavy atom. The Kier molecular flexibility index (Phi) is 23.5. The van der Waals surface area contributed by atoms with E-state index in [4.69, 9.17) is 5.11 Å². The molecule has 0 aromatic rings. The van der Waals surface area contributed by atoms with Gasteiger partial charge < -0.3 is 5.11 Å². The van der Waals surface area contributed by atoms with Gasteiger partial charge in [0.1, 0.15) is 0 Å². The number of rotatable bonds is 18. The largest absolute Gasteiger partial charge is 0.396 e. The molecule has 0 fully saturated rings. The molecule has 0 saturated heterocycles. The molecule has 24 heavy (non-hydrogen) atoms. The smallest absolute Gasteiger partial charge is 0.199 e. The van der Waals surface area contributed by atoms with Gasteiger partial charge in [0.05, 0.1) is 12.4 Å². The first kappa shape index (κ1) is 26.2. The van der Waals surface area contributed by atoms with E-state index in [0.717, 1.165) is 49.1 Å². The summed E-state index contributed by atoms with van der Waals surface area (Å²) in [6, 6.07) is 0. The molecule has 0 aliphatic carbocycles. The maximum Gasteiger partial charge on any atom is 0.199 e. The minimum absolute atomic E-state index is 0.203. The fraction of sp³-hybridized carbons (Fsp3) is 0.923. The van der Waals surface area contributed by atoms with Gasteiger partial charge in [0, 0.05) is 59.9 Å². The Hall–Kier alpha value is 2.23. The van der Waals surface area contributed by atoms with Crippen molar-refractivity contribution >= 4 is 98.2 Å². The van der Waals surface area contributed by atoms with Crippen LogP contribution in [0.1, 0.15) is 0 Å². The predicted octanol–water partition coefficient (Wildman–Crippen LogP) is 3.85. The summed E-state index contributed by atoms with van der Waals surface area (Å²) in [7, 11) is -0.719. The van der Waals surface area contributed by atoms with Crippen LogP contribution >= 0.6 is 82.3 Å². The molecular weight excluding hydrogens is 461 g/mol. The lowest BCUT2D eigenvalue weighted by atomic mass is 10.9. The molecule has 0 heterocycles. The van der Waals surface area contributed by atoms with E-state index in [1.807, 2.05) is 41.5 Å². The van der Waals surface area contributed by atoms with E-state index in [0.29, 0.717) is 5.75 Å². The molecule has 0 radical (unpaired) electrons. The SMILES string of the molecule is CSCSC(=O)CSCSCSCSCCS(=O)CCSCCO. The Morgan fingerprint density at radius 2 is 1.50 bits per heavy atom. The molecule has 1 unspecified atom stereocenters. The van der Waals surface area contributed by atoms with Crippen LogP contribution in [0.2, 0.25) is 0 Å². The summed E-state index contributed by atoms with van der Waals surface area (Å²) in [5.41, 5.74) is 0. The number of hydrogen-bond donors (Lipinski definition) is 1. The number of thioether (sulfide) groups is 7. The maximum absolute atomic E-state index is 11.7. The molecule has 0 rings (SSSR count). The molecule has 0 bridgehead atoms. The highest BCUT2D eigenvalue weighted by Crippen LogP contribution is 2.22. The van der Waals surface area contributed by atoms with E-state index >= 15 is 0 Å². The number of carbonyl (C=O) groups excluding carboxylic acids is 1. The lowest BCUT2D eigenvalue weighted by molar-refractivity contribution is -0.108. The summed E-state index contributed by atoms with van der Waals surface area (Å²) in [6.45, 7) is 0.203. The Bertz CT molecular complexity index is 320. The lowest BCUT2D eigenvalue weighted by Gasteiger charge is -2.03. The molecule has 0 spiro atoms. The zero-order valence-corrected chi connectivity index (χ0v) is 20.3. The number of aliphatic hydroxyl groups is 1. The van der Waals surface area contributed by atoms with Crippen LogP contribution < -0.4 is 0 Å². The third-order valence-electron chi connectivity index (χ3n) is 2.20. The van der Waals surface area contributed by atoms with E-state index in [9.17, 15) is 9.00 Å². The average Bonchev–Trinajstić information content (AvgIpc) is 2.58. The fourth-order valence-electron chi connectivity index (χ4n) is 1.17. The van der Waals surface area contributed by atoms with Crippen molar-refractivity contribution in [1.82, 2.24) is 0 Å². The zero-order valence-electron chi connectivity index (χ0n) is 13.8. The van der Waals surface area contributed by atoms with Crippen molar-refractivity contribution in [2.45, 2.75) is 0 Å². The van der Waals surface area contributed by atoms with Crippen molar-refractivity contribution in [2.24, 2.45) is 0 Å². The molecule has 1 N–H and O–H groups in total. The van der Waals surface area contributed by atoms with E-state index in [2.05, 4.69) is 0 Å². The third-order valence-corrected chi connectivity index (χ3v) is 12.0. The van der Waals surface area contributed by atoms with Crippen molar-refractivity contribution in [3.63, 3.8) is 0 Å². The first-order valence-electron chi connectivity index (χ1n) is 7.19. The standard InChI is InChI=1S/C13H26O3S8/c1-17-9-23-13(15)8-20-11-22-12-21-10-19-5-7-24(16)6-4-18-3-2-14/h14H,2-12H2,1H3. The van der Waals surface area contributed by atoms with E-state index in [1.54, 1.807) is 35.3 Å². The summed E-state index contributed by atoms with van der Waals surface area (Å²) >= 11 is 12.1. The first-order chi connectivity index (χ1) is 11.7. The molecule has 144 valence electrons. The lowest BCUT2D eigenvalue weighted by Crippen LogP contribution is -2.07. The Labute approximate surface area is 178 Å². The summed E-state index contributed by atoms with van der Waals surface area (Å²) in [5, 5.41) is 12.8. The molecule has 0 aromatic carbocycles. The van der Waals surface area contributed by atoms with Crippen molar-refractivity contribution in [3.05, 3.63) is 0 Å². The quantitative estimate of drug-likeness (QED) is 0.228. The van der Waals surface area contributed by atoms with Crippen molar-refractivity contribution in [1.29, 1.82) is 0 Å². The van der Waals surface area contributed by atoms with Gasteiger partial charge in [-0.15, -0.1) is 35.3 Å². The van der Waals surface area contributed by atoms with Gasteiger partial charge in [-0.1, -0.05) is 11.8 Å². The maximum atomic E-state index is 11.7. The van der Waals surface area contributed by atoms with Crippen LogP contribution in [0, 0.1) is 0 Å². The Morgan fingerprint density at radius 3 is 2.17 bits per heavy atom. The second-order valence-corrected chi connectivity index (χ2v) is 14.5. The van der Waals surface area contributed by atoms with Crippen LogP contribution in [0.4, 0.5) is 0 Å². The van der Waals surface area contributed by atoms with E-state index in [-0.39, 0.29) is 11.7 Å². The van der Waals surface area contributed by atoms with Crippen molar-refractivity contribution in [2.75, 3.05) is 67.7 Å². The monoisotopic (exact) mass is 486 g/mol. The van der Waals surface area contributed by atoms with Crippen LogP contribution in [0.3, 0.4) is 0 Å². The molecule has 0 aliphatic rings. The van der Waals surface area contributed by atoms with Crippen LogP contribution in [-0.2, 0) is 15.6 Å². The zero-order chi connectivity index (χ0) is 17.9. The second-order valence-electron chi connectivity index (χ2n) is 4.13. The minimum Gasteiger partial charge on any atom is -0.396 e. The molecular formula is C13H26O3S8. The molecule has 0 aliphatic heterocycles. The highest BCUT2D eigenvalue weighted by molar-refractivity contribution is 8.27. The summed E-state index contributed by atoms with van der Waals surface area (Å²) in [4.78, 5) is 11.4. The summed E-state index contributed by atoms with van der Waals surface area (Å²) in [6.07, 6.45) is 2.01. The third kappa shape index (κ3) is 20.5. The number of hydrogen-bond acceptors (Lipinski definition) is 10. The number of carbonyl (C=O) groups is 1. The Balaban J connectivity index is 3.19. The second kappa shape index (κ2) is 21.5. The molecule has 3 nitrogen and oxygen atoms in total. The van der Waals surface area contributed by atoms with Crippen LogP contribution in [0.5, 0.6) is 0 Å². The summed E-state index contributed by atoms with van der Waals surface area (Å²) in [5.74, 6) is 4.68. The van der Waals surface area contributed by atoms with Gasteiger partial charge in [0.15, 0.2) is 5.12 Å². The fourth-order valence-corrected chi connectivity index (χ4v) is 9.87. The highest BCUT2D eigenvalue weighted by Gasteiger charge is 2.02. The molecule has 0 saturated carbocycles. The summed E-state index contributed by atoms with van der Waals surface area (Å²) < 4.78 is 11.7. The molecule has 0 amide bonds. The predicted molar refractivity (Wildman–Crippen MR) is 128 cm³/mol. The van der Waals surface area contributed by atoms with Crippen LogP contribution in [0.25, 0.3) is 0 Å². The van der Waals surface area contributed by atoms with Gasteiger partial charge in [-0.3, -0.25) is 9.00 Å². The molecule has 11 heteroatoms. The molecule has 1 atom stereocenters. The first-order valence-corrected chi connectivity index (χ1v) is 16.8. The van der Waals surface area contributed by atoms with Gasteiger partial charge in [0.2, 0.25) is 0 Å². The van der Waals surface area contributed by atoms with Gasteiger partial charge in [-0.05, 0) is 6.26 Å². The highest BCUT2D eigenvalue weighted by atomic mass is 32.2.